The highest BCUT2D eigenvalue weighted by molar-refractivity contribution is 6.08. The van der Waals surface area contributed by atoms with Gasteiger partial charge in [-0.1, -0.05) is 42.0 Å². The van der Waals surface area contributed by atoms with Crippen molar-refractivity contribution >= 4 is 17.8 Å². The van der Waals surface area contributed by atoms with Gasteiger partial charge in [0.2, 0.25) is 0 Å². The molecule has 2 aromatic carbocycles. The lowest BCUT2D eigenvalue weighted by atomic mass is 10.1. The van der Waals surface area contributed by atoms with Crippen LogP contribution in [0.2, 0.25) is 0 Å². The fourth-order valence-corrected chi connectivity index (χ4v) is 2.55. The van der Waals surface area contributed by atoms with Gasteiger partial charge in [-0.3, -0.25) is 4.79 Å². The summed E-state index contributed by atoms with van der Waals surface area (Å²) in [6.45, 7) is 7.47. The predicted molar refractivity (Wildman–Crippen MR) is 118 cm³/mol. The Kier molecular flexibility index (Phi) is 8.63. The SMILES string of the molecule is C=CCc1ccc(/C=C/C(=O)c2ccc(OCC=C(C)C)cc2OCC(=O)O)cc1. The molecule has 0 fully saturated rings. The smallest absolute Gasteiger partial charge is 0.341 e. The number of hydrogen-bond acceptors (Lipinski definition) is 4. The van der Waals surface area contributed by atoms with E-state index in [1.54, 1.807) is 18.2 Å². The maximum atomic E-state index is 12.7. The zero-order valence-corrected chi connectivity index (χ0v) is 17.3. The number of ether oxygens (including phenoxy) is 2. The molecule has 1 N–H and O–H groups in total. The molecule has 0 aliphatic rings. The van der Waals surface area contributed by atoms with Crippen LogP contribution in [0.3, 0.4) is 0 Å². The molecule has 0 bridgehead atoms. The Hall–Kier alpha value is -3.60. The molecule has 0 aliphatic heterocycles. The van der Waals surface area contributed by atoms with Crippen molar-refractivity contribution in [3.05, 3.63) is 89.5 Å². The molecule has 0 radical (unpaired) electrons. The summed E-state index contributed by atoms with van der Waals surface area (Å²) < 4.78 is 10.9. The molecule has 156 valence electrons. The van der Waals surface area contributed by atoms with Gasteiger partial charge in [-0.05, 0) is 55.7 Å². The minimum absolute atomic E-state index is 0.170. The van der Waals surface area contributed by atoms with Gasteiger partial charge >= 0.3 is 5.97 Å². The first-order valence-corrected chi connectivity index (χ1v) is 9.56. The fourth-order valence-electron chi connectivity index (χ4n) is 2.55. The van der Waals surface area contributed by atoms with Gasteiger partial charge in [0.15, 0.2) is 12.4 Å². The van der Waals surface area contributed by atoms with Crippen molar-refractivity contribution in [1.29, 1.82) is 0 Å². The second kappa shape index (κ2) is 11.4. The molecule has 0 aliphatic carbocycles. The highest BCUT2D eigenvalue weighted by Crippen LogP contribution is 2.26. The van der Waals surface area contributed by atoms with Gasteiger partial charge in [0.05, 0.1) is 5.56 Å². The molecule has 5 nitrogen and oxygen atoms in total. The molecule has 0 saturated carbocycles. The lowest BCUT2D eigenvalue weighted by Gasteiger charge is -2.11. The van der Waals surface area contributed by atoms with E-state index >= 15 is 0 Å². The summed E-state index contributed by atoms with van der Waals surface area (Å²) in [4.78, 5) is 23.6. The topological polar surface area (TPSA) is 72.8 Å². The summed E-state index contributed by atoms with van der Waals surface area (Å²) in [7, 11) is 0. The van der Waals surface area contributed by atoms with Crippen LogP contribution in [0.1, 0.15) is 35.3 Å². The monoisotopic (exact) mass is 406 g/mol. The van der Waals surface area contributed by atoms with E-state index in [0.717, 1.165) is 23.1 Å². The van der Waals surface area contributed by atoms with E-state index < -0.39 is 12.6 Å². The quantitative estimate of drug-likeness (QED) is 0.319. The highest BCUT2D eigenvalue weighted by Gasteiger charge is 2.13. The summed E-state index contributed by atoms with van der Waals surface area (Å²) >= 11 is 0. The summed E-state index contributed by atoms with van der Waals surface area (Å²) in [5, 5.41) is 8.92. The van der Waals surface area contributed by atoms with Gasteiger partial charge in [-0.2, -0.15) is 0 Å². The van der Waals surface area contributed by atoms with Crippen molar-refractivity contribution in [2.24, 2.45) is 0 Å². The third kappa shape index (κ3) is 7.43. The Morgan fingerprint density at radius 1 is 1.07 bits per heavy atom. The van der Waals surface area contributed by atoms with Crippen LogP contribution in [0.25, 0.3) is 6.08 Å². The largest absolute Gasteiger partial charge is 0.489 e. The Morgan fingerprint density at radius 3 is 2.43 bits per heavy atom. The minimum Gasteiger partial charge on any atom is -0.489 e. The van der Waals surface area contributed by atoms with Gasteiger partial charge in [0.1, 0.15) is 18.1 Å². The normalized spacial score (nSPS) is 10.5. The Labute approximate surface area is 177 Å². The summed E-state index contributed by atoms with van der Waals surface area (Å²) in [6, 6.07) is 12.6. The molecule has 0 aromatic heterocycles. The van der Waals surface area contributed by atoms with E-state index in [9.17, 15) is 9.59 Å². The number of carbonyl (C=O) groups is 2. The third-order valence-corrected chi connectivity index (χ3v) is 4.10. The number of carboxylic acids is 1. The molecular formula is C25H26O5. The second-order valence-electron chi connectivity index (χ2n) is 6.86. The molecule has 0 spiro atoms. The number of carboxylic acid groups (broad SMARTS) is 1. The van der Waals surface area contributed by atoms with Crippen molar-refractivity contribution in [3.63, 3.8) is 0 Å². The van der Waals surface area contributed by atoms with Crippen LogP contribution in [0, 0.1) is 0 Å². The van der Waals surface area contributed by atoms with Gasteiger partial charge in [0, 0.05) is 6.07 Å². The van der Waals surface area contributed by atoms with Crippen molar-refractivity contribution in [3.8, 4) is 11.5 Å². The lowest BCUT2D eigenvalue weighted by molar-refractivity contribution is -0.139. The third-order valence-electron chi connectivity index (χ3n) is 4.10. The van der Waals surface area contributed by atoms with Crippen LogP contribution in [0.5, 0.6) is 11.5 Å². The van der Waals surface area contributed by atoms with E-state index in [-0.39, 0.29) is 17.1 Å². The number of rotatable bonds is 11. The number of aliphatic carboxylic acids is 1. The van der Waals surface area contributed by atoms with Crippen molar-refractivity contribution in [2.75, 3.05) is 13.2 Å². The zero-order chi connectivity index (χ0) is 21.9. The van der Waals surface area contributed by atoms with Gasteiger partial charge in [-0.15, -0.1) is 6.58 Å². The Morgan fingerprint density at radius 2 is 1.80 bits per heavy atom. The molecule has 0 heterocycles. The van der Waals surface area contributed by atoms with Crippen LogP contribution in [-0.2, 0) is 11.2 Å². The van der Waals surface area contributed by atoms with E-state index in [2.05, 4.69) is 6.58 Å². The maximum Gasteiger partial charge on any atom is 0.341 e. The van der Waals surface area contributed by atoms with Crippen LogP contribution in [0.4, 0.5) is 0 Å². The first kappa shape index (κ1) is 22.7. The molecule has 2 rings (SSSR count). The fraction of sp³-hybridized carbons (Fsp3) is 0.200. The minimum atomic E-state index is -1.13. The standard InChI is InChI=1S/C25H26O5/c1-4-5-19-6-8-20(9-7-19)10-13-23(26)22-12-11-21(29-15-14-18(2)3)16-24(22)30-17-25(27)28/h4,6-14,16H,1,5,15,17H2,2-3H3,(H,27,28)/b13-10+. The molecule has 0 amide bonds. The van der Waals surface area contributed by atoms with E-state index in [0.29, 0.717) is 12.4 Å². The molecule has 0 unspecified atom stereocenters. The van der Waals surface area contributed by atoms with Crippen molar-refractivity contribution < 1.29 is 24.2 Å². The van der Waals surface area contributed by atoms with Crippen LogP contribution in [-0.4, -0.2) is 30.1 Å². The summed E-state index contributed by atoms with van der Waals surface area (Å²) in [6.07, 6.45) is 7.69. The lowest BCUT2D eigenvalue weighted by Crippen LogP contribution is -2.12. The second-order valence-corrected chi connectivity index (χ2v) is 6.86. The van der Waals surface area contributed by atoms with E-state index in [1.807, 2.05) is 50.3 Å². The van der Waals surface area contributed by atoms with Gasteiger partial charge in [0.25, 0.3) is 0 Å². The predicted octanol–water partition coefficient (Wildman–Crippen LogP) is 5.12. The zero-order valence-electron chi connectivity index (χ0n) is 17.3. The average molecular weight is 406 g/mol. The van der Waals surface area contributed by atoms with E-state index in [1.165, 1.54) is 12.1 Å². The van der Waals surface area contributed by atoms with Gasteiger partial charge in [-0.25, -0.2) is 4.79 Å². The van der Waals surface area contributed by atoms with Crippen LogP contribution < -0.4 is 9.47 Å². The first-order chi connectivity index (χ1) is 14.4. The molecule has 5 heteroatoms. The summed E-state index contributed by atoms with van der Waals surface area (Å²) in [5.41, 5.74) is 3.41. The number of benzene rings is 2. The van der Waals surface area contributed by atoms with Crippen molar-refractivity contribution in [2.45, 2.75) is 20.3 Å². The molecule has 2 aromatic rings. The Balaban J connectivity index is 2.19. The molecule has 0 saturated heterocycles. The average Bonchev–Trinajstić information content (AvgIpc) is 2.71. The Bertz CT molecular complexity index is 948. The molecular weight excluding hydrogens is 380 g/mol. The van der Waals surface area contributed by atoms with Crippen LogP contribution in [0.15, 0.2) is 72.8 Å². The number of hydrogen-bond donors (Lipinski definition) is 1. The van der Waals surface area contributed by atoms with Gasteiger partial charge < -0.3 is 14.6 Å². The number of carbonyl (C=O) groups excluding carboxylic acids is 1. The van der Waals surface area contributed by atoms with Crippen molar-refractivity contribution in [1.82, 2.24) is 0 Å². The number of ketones is 1. The van der Waals surface area contributed by atoms with Crippen LogP contribution >= 0.6 is 0 Å². The molecule has 30 heavy (non-hydrogen) atoms. The maximum absolute atomic E-state index is 12.7. The molecule has 0 atom stereocenters. The highest BCUT2D eigenvalue weighted by atomic mass is 16.5. The summed E-state index contributed by atoms with van der Waals surface area (Å²) in [5.74, 6) is -0.755. The number of allylic oxidation sites excluding steroid dienone is 3. The van der Waals surface area contributed by atoms with E-state index in [4.69, 9.17) is 14.6 Å². The first-order valence-electron chi connectivity index (χ1n) is 9.56.